The lowest BCUT2D eigenvalue weighted by molar-refractivity contribution is 0.0985. The third-order valence-electron chi connectivity index (χ3n) is 5.40. The van der Waals surface area contributed by atoms with Gasteiger partial charge in [0.15, 0.2) is 0 Å². The molecule has 1 amide bonds. The molecule has 0 aromatic heterocycles. The van der Waals surface area contributed by atoms with Crippen LogP contribution in [0.1, 0.15) is 27.9 Å². The first-order valence-corrected chi connectivity index (χ1v) is 12.0. The molecule has 1 N–H and O–H groups in total. The number of anilines is 2. The summed E-state index contributed by atoms with van der Waals surface area (Å²) in [5, 5.41) is 0.493. The average molecular weight is 471 g/mol. The molecule has 0 spiro atoms. The Morgan fingerprint density at radius 1 is 1.09 bits per heavy atom. The summed E-state index contributed by atoms with van der Waals surface area (Å²) in [6.07, 6.45) is 1.42. The van der Waals surface area contributed by atoms with Gasteiger partial charge < -0.3 is 9.64 Å². The topological polar surface area (TPSA) is 75.7 Å². The fourth-order valence-electron chi connectivity index (χ4n) is 3.83. The van der Waals surface area contributed by atoms with Crippen LogP contribution in [0.3, 0.4) is 0 Å². The van der Waals surface area contributed by atoms with E-state index in [1.165, 1.54) is 13.2 Å². The van der Waals surface area contributed by atoms with E-state index < -0.39 is 10.0 Å². The van der Waals surface area contributed by atoms with E-state index in [0.717, 1.165) is 17.5 Å². The Balaban J connectivity index is 1.65. The normalized spacial score (nSPS) is 13.4. The highest BCUT2D eigenvalue weighted by Gasteiger charge is 2.26. The zero-order valence-electron chi connectivity index (χ0n) is 17.8. The number of carbonyl (C=O) groups excluding carboxylic acids is 1. The van der Waals surface area contributed by atoms with Crippen LogP contribution in [0.5, 0.6) is 5.75 Å². The molecule has 4 rings (SSSR count). The highest BCUT2D eigenvalue weighted by molar-refractivity contribution is 7.92. The number of fused-ring (bicyclic) bond motifs is 1. The van der Waals surface area contributed by atoms with Crippen LogP contribution in [0.15, 0.2) is 65.6 Å². The van der Waals surface area contributed by atoms with E-state index in [4.69, 9.17) is 16.3 Å². The number of sulfonamides is 1. The second kappa shape index (κ2) is 8.84. The zero-order chi connectivity index (χ0) is 22.9. The summed E-state index contributed by atoms with van der Waals surface area (Å²) >= 11 is 6.04. The Kier molecular flexibility index (Phi) is 6.13. The maximum absolute atomic E-state index is 13.1. The molecule has 0 bridgehead atoms. The fraction of sp³-hybridized carbons (Fsp3) is 0.208. The Hall–Kier alpha value is -3.03. The molecular formula is C24H23ClN2O4S. The van der Waals surface area contributed by atoms with Crippen LogP contribution < -0.4 is 14.4 Å². The zero-order valence-corrected chi connectivity index (χ0v) is 19.3. The average Bonchev–Trinajstić information content (AvgIpc) is 2.77. The van der Waals surface area contributed by atoms with E-state index in [2.05, 4.69) is 4.72 Å². The summed E-state index contributed by atoms with van der Waals surface area (Å²) in [6, 6.07) is 17.0. The lowest BCUT2D eigenvalue weighted by Gasteiger charge is -2.30. The van der Waals surface area contributed by atoms with Crippen molar-refractivity contribution < 1.29 is 17.9 Å². The van der Waals surface area contributed by atoms with Gasteiger partial charge in [0.05, 0.1) is 17.7 Å². The number of ether oxygens (including phenoxy) is 1. The maximum atomic E-state index is 13.1. The molecule has 3 aromatic rings. The number of hydrogen-bond donors (Lipinski definition) is 1. The fourth-order valence-corrected chi connectivity index (χ4v) is 5.14. The molecule has 3 aromatic carbocycles. The van der Waals surface area contributed by atoms with Crippen molar-refractivity contribution in [2.45, 2.75) is 24.7 Å². The van der Waals surface area contributed by atoms with Crippen LogP contribution in [0.4, 0.5) is 11.4 Å². The summed E-state index contributed by atoms with van der Waals surface area (Å²) in [7, 11) is -2.35. The predicted molar refractivity (Wildman–Crippen MR) is 126 cm³/mol. The molecule has 0 unspecified atom stereocenters. The number of carbonyl (C=O) groups is 1. The highest BCUT2D eigenvalue weighted by atomic mass is 35.5. The lowest BCUT2D eigenvalue weighted by atomic mass is 10.0. The van der Waals surface area contributed by atoms with Crippen molar-refractivity contribution in [2.24, 2.45) is 0 Å². The predicted octanol–water partition coefficient (Wildman–Crippen LogP) is 5.05. The van der Waals surface area contributed by atoms with Crippen LogP contribution in [0.2, 0.25) is 5.02 Å². The molecule has 1 aliphatic rings. The second-order valence-corrected chi connectivity index (χ2v) is 9.79. The molecule has 8 heteroatoms. The van der Waals surface area contributed by atoms with Gasteiger partial charge in [-0.15, -0.1) is 0 Å². The van der Waals surface area contributed by atoms with Gasteiger partial charge in [-0.05, 0) is 79.4 Å². The van der Waals surface area contributed by atoms with Crippen molar-refractivity contribution in [2.75, 3.05) is 23.3 Å². The number of benzene rings is 3. The highest BCUT2D eigenvalue weighted by Crippen LogP contribution is 2.33. The summed E-state index contributed by atoms with van der Waals surface area (Å²) in [5.74, 6) is 0.280. The number of aryl methyl sites for hydroxylation is 2. The summed E-state index contributed by atoms with van der Waals surface area (Å²) in [5.41, 5.74) is 3.31. The number of rotatable bonds is 5. The van der Waals surface area contributed by atoms with Crippen LogP contribution in [0.25, 0.3) is 0 Å². The van der Waals surface area contributed by atoms with Crippen LogP contribution in [0, 0.1) is 6.92 Å². The quantitative estimate of drug-likeness (QED) is 0.566. The van der Waals surface area contributed by atoms with Crippen LogP contribution in [-0.2, 0) is 16.4 Å². The van der Waals surface area contributed by atoms with Crippen LogP contribution >= 0.6 is 11.6 Å². The number of nitrogens with one attached hydrogen (secondary N) is 1. The Morgan fingerprint density at radius 2 is 1.91 bits per heavy atom. The summed E-state index contributed by atoms with van der Waals surface area (Å²) in [4.78, 5) is 14.9. The Labute approximate surface area is 192 Å². The molecule has 32 heavy (non-hydrogen) atoms. The van der Waals surface area contributed by atoms with Gasteiger partial charge in [0.1, 0.15) is 5.75 Å². The first-order chi connectivity index (χ1) is 15.3. The van der Waals surface area contributed by atoms with Gasteiger partial charge in [0.25, 0.3) is 15.9 Å². The molecule has 6 nitrogen and oxygen atoms in total. The molecule has 0 radical (unpaired) electrons. The van der Waals surface area contributed by atoms with E-state index in [9.17, 15) is 13.2 Å². The molecular weight excluding hydrogens is 448 g/mol. The number of halogens is 1. The van der Waals surface area contributed by atoms with E-state index in [-0.39, 0.29) is 10.8 Å². The molecule has 1 heterocycles. The number of methoxy groups -OCH3 is 1. The smallest absolute Gasteiger partial charge is 0.262 e. The lowest BCUT2D eigenvalue weighted by Crippen LogP contribution is -2.35. The Bertz CT molecular complexity index is 1290. The third kappa shape index (κ3) is 4.45. The minimum Gasteiger partial charge on any atom is -0.495 e. The number of nitrogens with zero attached hydrogens (tertiary/aromatic N) is 1. The minimum absolute atomic E-state index is 0.136. The molecule has 0 saturated carbocycles. The van der Waals surface area contributed by atoms with Gasteiger partial charge >= 0.3 is 0 Å². The van der Waals surface area contributed by atoms with Gasteiger partial charge in [-0.2, -0.15) is 0 Å². The van der Waals surface area contributed by atoms with Gasteiger partial charge in [-0.25, -0.2) is 8.42 Å². The molecule has 1 aliphatic heterocycles. The van der Waals surface area contributed by atoms with Crippen LogP contribution in [-0.4, -0.2) is 28.0 Å². The van der Waals surface area contributed by atoms with E-state index in [1.54, 1.807) is 53.4 Å². The van der Waals surface area contributed by atoms with Gasteiger partial charge in [0.2, 0.25) is 0 Å². The monoisotopic (exact) mass is 470 g/mol. The minimum atomic E-state index is -3.84. The molecule has 0 fully saturated rings. The van der Waals surface area contributed by atoms with Crippen molar-refractivity contribution in [3.63, 3.8) is 0 Å². The largest absolute Gasteiger partial charge is 0.495 e. The van der Waals surface area contributed by atoms with Crippen molar-refractivity contribution in [3.8, 4) is 5.75 Å². The van der Waals surface area contributed by atoms with Gasteiger partial charge in [-0.1, -0.05) is 23.7 Å². The standard InChI is InChI=1S/C24H23ClN2O4S/c1-16-8-11-23(31-2)21(13-16)26-32(29,30)20-9-10-22-17(15-20)6-4-12-27(22)24(28)18-5-3-7-19(25)14-18/h3,5,7-11,13-15,26H,4,6,12H2,1-2H3. The molecule has 0 atom stereocenters. The maximum Gasteiger partial charge on any atom is 0.262 e. The second-order valence-electron chi connectivity index (χ2n) is 7.67. The first-order valence-electron chi connectivity index (χ1n) is 10.2. The molecule has 0 aliphatic carbocycles. The van der Waals surface area contributed by atoms with Gasteiger partial charge in [0, 0.05) is 22.8 Å². The number of hydrogen-bond acceptors (Lipinski definition) is 4. The third-order valence-corrected chi connectivity index (χ3v) is 6.99. The van der Waals surface area contributed by atoms with E-state index in [0.29, 0.717) is 40.7 Å². The molecule has 166 valence electrons. The van der Waals surface area contributed by atoms with E-state index in [1.807, 2.05) is 13.0 Å². The first kappa shape index (κ1) is 22.2. The van der Waals surface area contributed by atoms with Crippen molar-refractivity contribution in [1.29, 1.82) is 0 Å². The summed E-state index contributed by atoms with van der Waals surface area (Å²) in [6.45, 7) is 2.44. The van der Waals surface area contributed by atoms with Gasteiger partial charge in [-0.3, -0.25) is 9.52 Å². The van der Waals surface area contributed by atoms with Crippen molar-refractivity contribution in [1.82, 2.24) is 0 Å². The van der Waals surface area contributed by atoms with Crippen molar-refractivity contribution in [3.05, 3.63) is 82.4 Å². The van der Waals surface area contributed by atoms with E-state index >= 15 is 0 Å². The Morgan fingerprint density at radius 3 is 2.66 bits per heavy atom. The SMILES string of the molecule is COc1ccc(C)cc1NS(=O)(=O)c1ccc2c(c1)CCCN2C(=O)c1cccc(Cl)c1. The summed E-state index contributed by atoms with van der Waals surface area (Å²) < 4.78 is 34.1. The number of amides is 1. The van der Waals surface area contributed by atoms with Crippen molar-refractivity contribution >= 4 is 38.9 Å². The molecule has 0 saturated heterocycles.